The average Bonchev–Trinajstić information content (AvgIpc) is 2.20. The van der Waals surface area contributed by atoms with Crippen molar-refractivity contribution in [2.75, 3.05) is 13.3 Å². The maximum absolute atomic E-state index is 4.50. The molecule has 0 spiro atoms. The molecule has 0 saturated heterocycles. The molecule has 74 valence electrons. The molecule has 1 aromatic carbocycles. The lowest BCUT2D eigenvalue weighted by molar-refractivity contribution is 0.842. The van der Waals surface area contributed by atoms with Gasteiger partial charge in [-0.05, 0) is 30.9 Å². The third kappa shape index (κ3) is 3.83. The summed E-state index contributed by atoms with van der Waals surface area (Å²) in [5.74, 6) is 0.638. The van der Waals surface area contributed by atoms with Crippen molar-refractivity contribution in [3.8, 4) is 0 Å². The van der Waals surface area contributed by atoms with Crippen molar-refractivity contribution >= 4 is 11.8 Å². The molecule has 0 radical (unpaired) electrons. The van der Waals surface area contributed by atoms with Crippen LogP contribution in [-0.4, -0.2) is 13.3 Å². The van der Waals surface area contributed by atoms with Crippen LogP contribution in [0.1, 0.15) is 25.3 Å². The van der Waals surface area contributed by atoms with Crippen molar-refractivity contribution in [3.63, 3.8) is 0 Å². The summed E-state index contributed by atoms with van der Waals surface area (Å²) in [5, 5.41) is 0. The molecule has 0 unspecified atom stereocenters. The van der Waals surface area contributed by atoms with Gasteiger partial charge in [-0.2, -0.15) is 0 Å². The Bertz CT molecular complexity index is 233. The second kappa shape index (κ2) is 6.98. The fraction of sp³-hybridized carbons (Fsp3) is 0.455. The van der Waals surface area contributed by atoms with E-state index in [0.717, 1.165) is 0 Å². The van der Waals surface area contributed by atoms with Crippen LogP contribution in [0, 0.1) is 0 Å². The van der Waals surface area contributed by atoms with Gasteiger partial charge in [-0.1, -0.05) is 32.0 Å². The maximum Gasteiger partial charge on any atom is 0.0104 e. The van der Waals surface area contributed by atoms with E-state index >= 15 is 0 Å². The molecular weight excluding hydrogens is 178 g/mol. The molecule has 0 aromatic heterocycles. The number of rotatable bonds is 2. The van der Waals surface area contributed by atoms with Gasteiger partial charge in [0.1, 0.15) is 0 Å². The topological polar surface area (TPSA) is 26.0 Å². The molecule has 0 amide bonds. The normalized spacial score (nSPS) is 9.38. The second-order valence-electron chi connectivity index (χ2n) is 2.90. The summed E-state index contributed by atoms with van der Waals surface area (Å²) in [7, 11) is 1.50. The van der Waals surface area contributed by atoms with E-state index in [9.17, 15) is 0 Å². The molecule has 0 atom stereocenters. The molecule has 0 bridgehead atoms. The predicted molar refractivity (Wildman–Crippen MR) is 62.4 cm³/mol. The Balaban J connectivity index is 0.000000671. The SMILES string of the molecule is CN.CSc1ccccc1C(C)C. The van der Waals surface area contributed by atoms with Crippen molar-refractivity contribution in [2.24, 2.45) is 5.73 Å². The van der Waals surface area contributed by atoms with Gasteiger partial charge >= 0.3 is 0 Å². The third-order valence-electron chi connectivity index (χ3n) is 1.76. The van der Waals surface area contributed by atoms with Gasteiger partial charge in [0.05, 0.1) is 0 Å². The quantitative estimate of drug-likeness (QED) is 0.737. The van der Waals surface area contributed by atoms with E-state index in [1.165, 1.54) is 17.5 Å². The fourth-order valence-electron chi connectivity index (χ4n) is 1.14. The van der Waals surface area contributed by atoms with Crippen LogP contribution in [0.2, 0.25) is 0 Å². The molecule has 2 N–H and O–H groups in total. The first-order valence-electron chi connectivity index (χ1n) is 4.46. The van der Waals surface area contributed by atoms with Gasteiger partial charge in [-0.3, -0.25) is 0 Å². The molecule has 13 heavy (non-hydrogen) atoms. The van der Waals surface area contributed by atoms with Gasteiger partial charge in [0.15, 0.2) is 0 Å². The summed E-state index contributed by atoms with van der Waals surface area (Å²) < 4.78 is 0. The van der Waals surface area contributed by atoms with Crippen LogP contribution in [-0.2, 0) is 0 Å². The van der Waals surface area contributed by atoms with Gasteiger partial charge in [0.25, 0.3) is 0 Å². The Morgan fingerprint density at radius 1 is 1.15 bits per heavy atom. The summed E-state index contributed by atoms with van der Waals surface area (Å²) in [5.41, 5.74) is 5.96. The fourth-order valence-corrected chi connectivity index (χ4v) is 1.90. The van der Waals surface area contributed by atoms with Crippen LogP contribution < -0.4 is 5.73 Å². The summed E-state index contributed by atoms with van der Waals surface area (Å²) in [6.07, 6.45) is 2.13. The Kier molecular flexibility index (Phi) is 6.73. The molecule has 2 heteroatoms. The lowest BCUT2D eigenvalue weighted by Gasteiger charge is -2.09. The van der Waals surface area contributed by atoms with Crippen LogP contribution in [0.25, 0.3) is 0 Å². The summed E-state index contributed by atoms with van der Waals surface area (Å²) in [4.78, 5) is 1.41. The van der Waals surface area contributed by atoms with E-state index in [-0.39, 0.29) is 0 Å². The van der Waals surface area contributed by atoms with Crippen molar-refractivity contribution in [1.29, 1.82) is 0 Å². The van der Waals surface area contributed by atoms with E-state index in [0.29, 0.717) is 5.92 Å². The molecule has 0 aliphatic carbocycles. The summed E-state index contributed by atoms with van der Waals surface area (Å²) in [6.45, 7) is 4.46. The van der Waals surface area contributed by atoms with Crippen LogP contribution >= 0.6 is 11.8 Å². The zero-order valence-electron chi connectivity index (χ0n) is 8.87. The molecule has 0 aliphatic heterocycles. The minimum Gasteiger partial charge on any atom is -0.333 e. The first-order valence-corrected chi connectivity index (χ1v) is 5.69. The average molecular weight is 197 g/mol. The molecule has 1 aromatic rings. The van der Waals surface area contributed by atoms with Crippen LogP contribution in [0.15, 0.2) is 29.2 Å². The number of thioether (sulfide) groups is 1. The highest BCUT2D eigenvalue weighted by molar-refractivity contribution is 7.98. The Morgan fingerprint density at radius 2 is 1.69 bits per heavy atom. The molecule has 1 rings (SSSR count). The zero-order chi connectivity index (χ0) is 10.3. The van der Waals surface area contributed by atoms with E-state index in [2.05, 4.69) is 50.1 Å². The molecule has 0 saturated carbocycles. The van der Waals surface area contributed by atoms with Gasteiger partial charge in [0.2, 0.25) is 0 Å². The highest BCUT2D eigenvalue weighted by Crippen LogP contribution is 2.25. The van der Waals surface area contributed by atoms with Crippen molar-refractivity contribution in [2.45, 2.75) is 24.7 Å². The molecule has 0 heterocycles. The standard InChI is InChI=1S/C10H14S.CH5N/c1-8(2)9-6-4-5-7-10(9)11-3;1-2/h4-8H,1-3H3;2H2,1H3. The Morgan fingerprint density at radius 3 is 2.08 bits per heavy atom. The van der Waals surface area contributed by atoms with E-state index in [1.54, 1.807) is 0 Å². The summed E-state index contributed by atoms with van der Waals surface area (Å²) in [6, 6.07) is 8.59. The Hall–Kier alpha value is -0.470. The highest BCUT2D eigenvalue weighted by Gasteiger charge is 2.02. The molecule has 1 nitrogen and oxygen atoms in total. The number of hydrogen-bond acceptors (Lipinski definition) is 2. The van der Waals surface area contributed by atoms with Gasteiger partial charge < -0.3 is 5.73 Å². The summed E-state index contributed by atoms with van der Waals surface area (Å²) >= 11 is 1.82. The first kappa shape index (κ1) is 12.5. The van der Waals surface area contributed by atoms with Crippen LogP contribution in [0.4, 0.5) is 0 Å². The van der Waals surface area contributed by atoms with E-state index in [4.69, 9.17) is 0 Å². The Labute approximate surface area is 85.7 Å². The molecule has 0 aliphatic rings. The second-order valence-corrected chi connectivity index (χ2v) is 3.74. The number of benzene rings is 1. The van der Waals surface area contributed by atoms with Crippen molar-refractivity contribution in [3.05, 3.63) is 29.8 Å². The van der Waals surface area contributed by atoms with E-state index in [1.807, 2.05) is 11.8 Å². The van der Waals surface area contributed by atoms with Crippen molar-refractivity contribution < 1.29 is 0 Å². The highest BCUT2D eigenvalue weighted by atomic mass is 32.2. The lowest BCUT2D eigenvalue weighted by atomic mass is 10.0. The zero-order valence-corrected chi connectivity index (χ0v) is 9.69. The van der Waals surface area contributed by atoms with E-state index < -0.39 is 0 Å². The van der Waals surface area contributed by atoms with Crippen molar-refractivity contribution in [1.82, 2.24) is 0 Å². The van der Waals surface area contributed by atoms with Gasteiger partial charge in [-0.25, -0.2) is 0 Å². The minimum atomic E-state index is 0.638. The van der Waals surface area contributed by atoms with Crippen LogP contribution in [0.3, 0.4) is 0 Å². The van der Waals surface area contributed by atoms with Gasteiger partial charge in [-0.15, -0.1) is 11.8 Å². The maximum atomic E-state index is 4.50. The number of hydrogen-bond donors (Lipinski definition) is 1. The van der Waals surface area contributed by atoms with Crippen LogP contribution in [0.5, 0.6) is 0 Å². The smallest absolute Gasteiger partial charge is 0.0104 e. The number of nitrogens with two attached hydrogens (primary N) is 1. The molecule has 0 fully saturated rings. The molecular formula is C11H19NS. The van der Waals surface area contributed by atoms with Gasteiger partial charge in [0, 0.05) is 4.90 Å². The third-order valence-corrected chi connectivity index (χ3v) is 2.57. The lowest BCUT2D eigenvalue weighted by Crippen LogP contribution is -1.88. The first-order chi connectivity index (χ1) is 6.25. The largest absolute Gasteiger partial charge is 0.333 e. The minimum absolute atomic E-state index is 0.638. The monoisotopic (exact) mass is 197 g/mol. The predicted octanol–water partition coefficient (Wildman–Crippen LogP) is 3.11.